The van der Waals surface area contributed by atoms with E-state index in [1.165, 1.54) is 0 Å². The molecule has 1 amide bonds. The van der Waals surface area contributed by atoms with Gasteiger partial charge in [0.05, 0.1) is 31.6 Å². The van der Waals surface area contributed by atoms with Crippen molar-refractivity contribution in [2.45, 2.75) is 6.42 Å². The van der Waals surface area contributed by atoms with Crippen molar-refractivity contribution in [2.75, 3.05) is 52.4 Å². The Labute approximate surface area is 136 Å². The third kappa shape index (κ3) is 9.43. The molecule has 0 aromatic carbocycles. The van der Waals surface area contributed by atoms with E-state index in [1.807, 2.05) is 0 Å². The van der Waals surface area contributed by atoms with Gasteiger partial charge in [-0.2, -0.15) is 0 Å². The summed E-state index contributed by atoms with van der Waals surface area (Å²) < 4.78 is 10.2. The number of aromatic nitrogens is 1. The van der Waals surface area contributed by atoms with Crippen LogP contribution in [0.1, 0.15) is 6.42 Å². The first-order valence-corrected chi connectivity index (χ1v) is 7.47. The van der Waals surface area contributed by atoms with E-state index in [1.54, 1.807) is 38.7 Å². The molecule has 0 radical (unpaired) electrons. The number of anilines is 1. The van der Waals surface area contributed by atoms with E-state index in [9.17, 15) is 4.79 Å². The average Bonchev–Trinajstić information content (AvgIpc) is 2.57. The highest BCUT2D eigenvalue weighted by Gasteiger charge is 2.04. The largest absolute Gasteiger partial charge is 0.382 e. The van der Waals surface area contributed by atoms with Gasteiger partial charge in [0.15, 0.2) is 5.96 Å². The predicted molar refractivity (Wildman–Crippen MR) is 89.5 cm³/mol. The van der Waals surface area contributed by atoms with Crippen LogP contribution in [0, 0.1) is 0 Å². The Kier molecular flexibility index (Phi) is 10.1. The predicted octanol–water partition coefficient (Wildman–Crippen LogP) is 0.238. The number of nitrogens with zero attached hydrogens (tertiary/aromatic N) is 2. The Bertz CT molecular complexity index is 467. The van der Waals surface area contributed by atoms with Crippen LogP contribution in [0.25, 0.3) is 0 Å². The molecule has 0 bridgehead atoms. The van der Waals surface area contributed by atoms with E-state index < -0.39 is 0 Å². The monoisotopic (exact) mass is 323 g/mol. The van der Waals surface area contributed by atoms with Crippen molar-refractivity contribution in [1.29, 1.82) is 0 Å². The minimum absolute atomic E-state index is 0.124. The van der Waals surface area contributed by atoms with Gasteiger partial charge in [-0.25, -0.2) is 0 Å². The number of guanidine groups is 1. The lowest BCUT2D eigenvalue weighted by atomic mass is 10.4. The fourth-order valence-corrected chi connectivity index (χ4v) is 1.65. The van der Waals surface area contributed by atoms with Crippen LogP contribution < -0.4 is 16.0 Å². The molecule has 0 unspecified atom stereocenters. The number of hydrogen-bond donors (Lipinski definition) is 3. The van der Waals surface area contributed by atoms with Gasteiger partial charge in [0.2, 0.25) is 5.91 Å². The minimum atomic E-state index is -0.163. The highest BCUT2D eigenvalue weighted by Crippen LogP contribution is 2.01. The van der Waals surface area contributed by atoms with Crippen LogP contribution in [-0.2, 0) is 14.3 Å². The maximum absolute atomic E-state index is 11.8. The summed E-state index contributed by atoms with van der Waals surface area (Å²) in [6, 6.07) is 3.54. The third-order valence-corrected chi connectivity index (χ3v) is 2.77. The molecule has 0 aliphatic rings. The smallest absolute Gasteiger partial charge is 0.243 e. The lowest BCUT2D eigenvalue weighted by molar-refractivity contribution is -0.115. The fourth-order valence-electron chi connectivity index (χ4n) is 1.65. The first-order valence-electron chi connectivity index (χ1n) is 7.47. The molecular weight excluding hydrogens is 298 g/mol. The summed E-state index contributed by atoms with van der Waals surface area (Å²) in [4.78, 5) is 19.8. The molecule has 1 rings (SSSR count). The van der Waals surface area contributed by atoms with Gasteiger partial charge in [0, 0.05) is 33.5 Å². The Balaban J connectivity index is 2.12. The minimum Gasteiger partial charge on any atom is -0.382 e. The van der Waals surface area contributed by atoms with E-state index in [0.717, 1.165) is 6.42 Å². The third-order valence-electron chi connectivity index (χ3n) is 2.77. The maximum Gasteiger partial charge on any atom is 0.243 e. The lowest BCUT2D eigenvalue weighted by Gasteiger charge is -2.12. The van der Waals surface area contributed by atoms with Crippen LogP contribution in [0.4, 0.5) is 5.69 Å². The molecule has 0 spiro atoms. The van der Waals surface area contributed by atoms with E-state index in [0.29, 0.717) is 38.0 Å². The summed E-state index contributed by atoms with van der Waals surface area (Å²) in [6.45, 7) is 2.67. The van der Waals surface area contributed by atoms with E-state index in [-0.39, 0.29) is 12.5 Å². The van der Waals surface area contributed by atoms with Crippen LogP contribution in [0.15, 0.2) is 29.5 Å². The van der Waals surface area contributed by atoms with Gasteiger partial charge < -0.3 is 25.4 Å². The zero-order chi connectivity index (χ0) is 16.8. The summed E-state index contributed by atoms with van der Waals surface area (Å²) in [5.41, 5.74) is 0.662. The number of amides is 1. The second kappa shape index (κ2) is 12.4. The molecule has 8 nitrogen and oxygen atoms in total. The molecule has 0 fully saturated rings. The number of aliphatic imine (C=N–C) groups is 1. The molecule has 8 heteroatoms. The van der Waals surface area contributed by atoms with Crippen molar-refractivity contribution in [2.24, 2.45) is 4.99 Å². The van der Waals surface area contributed by atoms with Gasteiger partial charge in [-0.15, -0.1) is 0 Å². The van der Waals surface area contributed by atoms with Gasteiger partial charge in [-0.3, -0.25) is 14.8 Å². The quantitative estimate of drug-likeness (QED) is 0.324. The number of ether oxygens (including phenoxy) is 2. The first-order chi connectivity index (χ1) is 11.3. The molecule has 0 saturated heterocycles. The Morgan fingerprint density at radius 2 is 2.17 bits per heavy atom. The molecule has 3 N–H and O–H groups in total. The van der Waals surface area contributed by atoms with Crippen molar-refractivity contribution in [1.82, 2.24) is 15.6 Å². The molecule has 128 valence electrons. The summed E-state index contributed by atoms with van der Waals surface area (Å²) in [5, 5.41) is 8.80. The highest BCUT2D eigenvalue weighted by atomic mass is 16.5. The molecule has 1 aromatic heterocycles. The van der Waals surface area contributed by atoms with Gasteiger partial charge in [-0.05, 0) is 18.6 Å². The van der Waals surface area contributed by atoms with Crippen LogP contribution in [0.3, 0.4) is 0 Å². The average molecular weight is 323 g/mol. The summed E-state index contributed by atoms with van der Waals surface area (Å²) in [5.74, 6) is 0.409. The number of hydrogen-bond acceptors (Lipinski definition) is 5. The maximum atomic E-state index is 11.8. The number of rotatable bonds is 10. The molecular formula is C15H25N5O3. The van der Waals surface area contributed by atoms with Crippen LogP contribution in [-0.4, -0.2) is 63.9 Å². The second-order valence-corrected chi connectivity index (χ2v) is 4.60. The van der Waals surface area contributed by atoms with Crippen molar-refractivity contribution in [3.63, 3.8) is 0 Å². The van der Waals surface area contributed by atoms with Gasteiger partial charge >= 0.3 is 0 Å². The van der Waals surface area contributed by atoms with E-state index in [4.69, 9.17) is 9.47 Å². The molecule has 0 saturated carbocycles. The summed E-state index contributed by atoms with van der Waals surface area (Å²) in [6.07, 6.45) is 4.08. The molecule has 0 atom stereocenters. The van der Waals surface area contributed by atoms with Gasteiger partial charge in [0.1, 0.15) is 0 Å². The van der Waals surface area contributed by atoms with E-state index in [2.05, 4.69) is 25.9 Å². The Morgan fingerprint density at radius 1 is 1.30 bits per heavy atom. The van der Waals surface area contributed by atoms with Crippen molar-refractivity contribution < 1.29 is 14.3 Å². The fraction of sp³-hybridized carbons (Fsp3) is 0.533. The lowest BCUT2D eigenvalue weighted by Crippen LogP contribution is -2.41. The van der Waals surface area contributed by atoms with Gasteiger partial charge in [0.25, 0.3) is 0 Å². The van der Waals surface area contributed by atoms with Gasteiger partial charge in [-0.1, -0.05) is 0 Å². The Morgan fingerprint density at radius 3 is 2.87 bits per heavy atom. The van der Waals surface area contributed by atoms with E-state index >= 15 is 0 Å². The molecule has 0 aliphatic carbocycles. The molecule has 1 heterocycles. The topological polar surface area (TPSA) is 96.9 Å². The number of methoxy groups -OCH3 is 1. The molecule has 23 heavy (non-hydrogen) atoms. The van der Waals surface area contributed by atoms with Crippen molar-refractivity contribution in [3.05, 3.63) is 24.5 Å². The standard InChI is InChI=1S/C15H25N5O3/c1-16-15(18-7-4-8-23-10-9-22-2)19-12-14(21)20-13-5-3-6-17-11-13/h3,5-6,11H,4,7-10,12H2,1-2H3,(H,20,21)(H2,16,18,19). The molecule has 1 aromatic rings. The van der Waals surface area contributed by atoms with Crippen LogP contribution in [0.5, 0.6) is 0 Å². The summed E-state index contributed by atoms with van der Waals surface area (Å²) >= 11 is 0. The number of carbonyl (C=O) groups excluding carboxylic acids is 1. The zero-order valence-corrected chi connectivity index (χ0v) is 13.7. The van der Waals surface area contributed by atoms with Crippen LogP contribution in [0.2, 0.25) is 0 Å². The number of carbonyl (C=O) groups is 1. The molecule has 0 aliphatic heterocycles. The summed E-state index contributed by atoms with van der Waals surface area (Å²) in [7, 11) is 3.30. The zero-order valence-electron chi connectivity index (χ0n) is 13.7. The normalized spacial score (nSPS) is 11.1. The van der Waals surface area contributed by atoms with Crippen molar-refractivity contribution >= 4 is 17.6 Å². The SMILES string of the molecule is CN=C(NCCCOCCOC)NCC(=O)Nc1cccnc1. The number of pyridine rings is 1. The first kappa shape index (κ1) is 18.9. The Hall–Kier alpha value is -2.19. The van der Waals surface area contributed by atoms with Crippen LogP contribution >= 0.6 is 0 Å². The second-order valence-electron chi connectivity index (χ2n) is 4.60. The van der Waals surface area contributed by atoms with Crippen molar-refractivity contribution in [3.8, 4) is 0 Å². The number of nitrogens with one attached hydrogen (secondary N) is 3. The highest BCUT2D eigenvalue weighted by molar-refractivity contribution is 5.94.